The fourth-order valence-electron chi connectivity index (χ4n) is 10.3. The van der Waals surface area contributed by atoms with Gasteiger partial charge in [0.25, 0.3) is 23.6 Å². The molecule has 0 bridgehead atoms. The number of aliphatic hydroxyl groups is 2. The van der Waals surface area contributed by atoms with Crippen molar-refractivity contribution in [3.8, 4) is 34.5 Å². The highest BCUT2D eigenvalue weighted by Crippen LogP contribution is 2.40. The molecule has 5 N–H and O–H groups in total. The van der Waals surface area contributed by atoms with E-state index in [1.807, 2.05) is 36.4 Å². The normalized spacial score (nSPS) is 18.7. The van der Waals surface area contributed by atoms with Gasteiger partial charge < -0.3 is 49.6 Å². The minimum Gasteiger partial charge on any atom is -0.508 e. The summed E-state index contributed by atoms with van der Waals surface area (Å²) in [7, 11) is 0. The van der Waals surface area contributed by atoms with E-state index in [0.717, 1.165) is 69.5 Å². The molecule has 5 aromatic carbocycles. The molecule has 4 amide bonds. The van der Waals surface area contributed by atoms with Crippen molar-refractivity contribution in [2.24, 2.45) is 5.73 Å². The Hall–Kier alpha value is -6.98. The molecule has 78 heavy (non-hydrogen) atoms. The molecule has 0 aromatic heterocycles. The van der Waals surface area contributed by atoms with E-state index in [0.29, 0.717) is 64.2 Å². The molecule has 3 heterocycles. The maximum atomic E-state index is 12.4. The molecule has 0 radical (unpaired) electrons. The Balaban J connectivity index is 0.000000146. The van der Waals surface area contributed by atoms with Crippen LogP contribution in [0.1, 0.15) is 157 Å². The maximum absolute atomic E-state index is 12.4. The number of carbonyl (C=O) groups is 4. The van der Waals surface area contributed by atoms with Crippen LogP contribution in [0.15, 0.2) is 121 Å². The second kappa shape index (κ2) is 27.6. The molecule has 3 saturated carbocycles. The van der Waals surface area contributed by atoms with Gasteiger partial charge in [0, 0.05) is 24.7 Å². The molecule has 416 valence electrons. The monoisotopic (exact) mass is 1070 g/mol. The summed E-state index contributed by atoms with van der Waals surface area (Å²) in [6.45, 7) is 3.04. The van der Waals surface area contributed by atoms with Crippen molar-refractivity contribution >= 4 is 23.6 Å². The number of benzene rings is 5. The Bertz CT molecular complexity index is 2700. The van der Waals surface area contributed by atoms with Crippen LogP contribution in [0.5, 0.6) is 34.5 Å². The third-order valence-corrected chi connectivity index (χ3v) is 14.9. The average Bonchev–Trinajstić information content (AvgIpc) is 4.27. The topological polar surface area (TPSA) is 220 Å². The first-order chi connectivity index (χ1) is 37.9. The summed E-state index contributed by atoms with van der Waals surface area (Å²) < 4.78 is 28.3. The Morgan fingerprint density at radius 1 is 0.462 bits per heavy atom. The fraction of sp³-hybridized carbons (Fsp3) is 0.452. The third kappa shape index (κ3) is 16.1. The predicted octanol–water partition coefficient (Wildman–Crippen LogP) is 10.4. The third-order valence-electron chi connectivity index (χ3n) is 14.9. The summed E-state index contributed by atoms with van der Waals surface area (Å²) in [6, 6.07) is 33.9. The first kappa shape index (κ1) is 57.2. The summed E-state index contributed by atoms with van der Waals surface area (Å²) in [5.41, 5.74) is 5.89. The fourth-order valence-corrected chi connectivity index (χ4v) is 10.3. The zero-order valence-electron chi connectivity index (χ0n) is 44.6. The summed E-state index contributed by atoms with van der Waals surface area (Å²) >= 11 is 0. The zero-order chi connectivity index (χ0) is 54.8. The van der Waals surface area contributed by atoms with Gasteiger partial charge in [0.05, 0.1) is 52.2 Å². The van der Waals surface area contributed by atoms with Crippen LogP contribution in [0.3, 0.4) is 0 Å². The van der Waals surface area contributed by atoms with E-state index in [9.17, 15) is 34.5 Å². The molecule has 1 saturated heterocycles. The van der Waals surface area contributed by atoms with Crippen molar-refractivity contribution in [3.05, 3.63) is 144 Å². The van der Waals surface area contributed by atoms with Crippen molar-refractivity contribution in [2.75, 3.05) is 46.1 Å². The van der Waals surface area contributed by atoms with E-state index in [1.165, 1.54) is 81.2 Å². The van der Waals surface area contributed by atoms with Gasteiger partial charge in [-0.15, -0.1) is 0 Å². The molecule has 11 rings (SSSR count). The lowest BCUT2D eigenvalue weighted by Crippen LogP contribution is -2.35. The number of epoxide rings is 1. The van der Waals surface area contributed by atoms with Gasteiger partial charge in [-0.05, 0) is 99.2 Å². The Morgan fingerprint density at radius 2 is 0.846 bits per heavy atom. The summed E-state index contributed by atoms with van der Waals surface area (Å²) in [5.74, 6) is 1.33. The quantitative estimate of drug-likeness (QED) is 0.0435. The van der Waals surface area contributed by atoms with Gasteiger partial charge in [0.1, 0.15) is 55.2 Å². The number of aromatic hydroxyl groups is 1. The van der Waals surface area contributed by atoms with E-state index in [4.69, 9.17) is 34.3 Å². The number of fused-ring (bicyclic) bond motifs is 2. The first-order valence-electron chi connectivity index (χ1n) is 27.8. The van der Waals surface area contributed by atoms with Crippen molar-refractivity contribution in [1.29, 1.82) is 0 Å². The molecule has 16 nitrogen and oxygen atoms in total. The van der Waals surface area contributed by atoms with Gasteiger partial charge in [-0.2, -0.15) is 0 Å². The number of phenolic OH excluding ortho intramolecular Hbond substituents is 1. The molecule has 0 unspecified atom stereocenters. The number of imide groups is 2. The van der Waals surface area contributed by atoms with Crippen molar-refractivity contribution < 1.29 is 63.0 Å². The molecule has 5 aromatic rings. The second-order valence-electron chi connectivity index (χ2n) is 21.0. The highest BCUT2D eigenvalue weighted by atomic mass is 16.7. The standard InChI is InChI=1S/C24H27NO5.C16H25NO3.C14H9NO4.C8H14O/c26-22-20-10-3-4-11-21(20)23(27)25(22)14-15-29-18-8-7-9-19(16-18)30-17-24(28)12-5-1-2-6-13-24;17-10-11-19-14-6-5-7-15(12-14)20-13-16(18)8-3-1-2-4-9-16;16-9-4-3-5-10(8-9)19-15-13(17)11-6-1-2-7-12(11)14(15)18;1-2-4-6-8(5-3-1)7-9-8/h3-4,7-11,16,28H,1-2,5-6,12-15,17H2;5-7,12,18H,1-4,8-11,13,17H2;1-8,16H;1-7H2. The largest absolute Gasteiger partial charge is 0.508 e. The summed E-state index contributed by atoms with van der Waals surface area (Å²) in [5, 5.41) is 31.3. The average molecular weight is 1070 g/mol. The number of ether oxygens (including phenoxy) is 5. The number of amides is 4. The zero-order valence-corrected chi connectivity index (χ0v) is 44.6. The van der Waals surface area contributed by atoms with Crippen LogP contribution in [0.4, 0.5) is 0 Å². The van der Waals surface area contributed by atoms with Gasteiger partial charge in [-0.1, -0.05) is 125 Å². The number of nitrogens with two attached hydrogens (primary N) is 1. The SMILES string of the molecule is C1CCCC2(CC1)CO2.NCCOc1cccc(OCC2(O)CCCCCC2)c1.O=C1c2ccccc2C(=O)N1CCOc1cccc(OCC2(O)CCCCCC2)c1.O=C1c2ccccc2C(=O)N1Oc1cccc(O)c1. The maximum Gasteiger partial charge on any atom is 0.295 e. The number of phenols is 1. The second-order valence-corrected chi connectivity index (χ2v) is 21.0. The van der Waals surface area contributed by atoms with Crippen LogP contribution in [-0.4, -0.2) is 112 Å². The molecular formula is C62H75N3O13. The van der Waals surface area contributed by atoms with Crippen LogP contribution < -0.4 is 29.5 Å². The molecular weight excluding hydrogens is 995 g/mol. The summed E-state index contributed by atoms with van der Waals surface area (Å²) in [6.07, 6.45) is 20.5. The van der Waals surface area contributed by atoms with E-state index >= 15 is 0 Å². The Labute approximate surface area is 457 Å². The molecule has 6 aliphatic rings. The minimum absolute atomic E-state index is 0.00545. The van der Waals surface area contributed by atoms with Gasteiger partial charge >= 0.3 is 0 Å². The van der Waals surface area contributed by atoms with Crippen LogP contribution in [0.2, 0.25) is 0 Å². The number of carbonyl (C=O) groups excluding carboxylic acids is 4. The predicted molar refractivity (Wildman–Crippen MR) is 293 cm³/mol. The Kier molecular flexibility index (Phi) is 20.2. The van der Waals surface area contributed by atoms with Gasteiger partial charge in [0.2, 0.25) is 0 Å². The lowest BCUT2D eigenvalue weighted by Gasteiger charge is -2.26. The number of rotatable bonds is 15. The lowest BCUT2D eigenvalue weighted by atomic mass is 9.96. The van der Waals surface area contributed by atoms with Crippen LogP contribution in [0, 0.1) is 0 Å². The minimum atomic E-state index is -0.765. The number of hydrogen-bond acceptors (Lipinski definition) is 14. The lowest BCUT2D eigenvalue weighted by molar-refractivity contribution is -0.0176. The molecule has 3 aliphatic heterocycles. The smallest absolute Gasteiger partial charge is 0.295 e. The molecule has 4 fully saturated rings. The van der Waals surface area contributed by atoms with Crippen LogP contribution in [0.25, 0.3) is 0 Å². The molecule has 3 aliphatic carbocycles. The molecule has 0 atom stereocenters. The number of hydroxylamine groups is 2. The first-order valence-corrected chi connectivity index (χ1v) is 27.8. The number of nitrogens with zero attached hydrogens (tertiary/aromatic N) is 2. The van der Waals surface area contributed by atoms with Crippen LogP contribution in [-0.2, 0) is 4.74 Å². The van der Waals surface area contributed by atoms with E-state index < -0.39 is 23.0 Å². The highest BCUT2D eigenvalue weighted by molar-refractivity contribution is 6.21. The molecule has 1 spiro atoms. The summed E-state index contributed by atoms with van der Waals surface area (Å²) in [4.78, 5) is 55.3. The van der Waals surface area contributed by atoms with Gasteiger partial charge in [0.15, 0.2) is 5.75 Å². The van der Waals surface area contributed by atoms with E-state index in [-0.39, 0.29) is 43.1 Å². The van der Waals surface area contributed by atoms with Crippen LogP contribution >= 0.6 is 0 Å². The van der Waals surface area contributed by atoms with E-state index in [2.05, 4.69) is 0 Å². The van der Waals surface area contributed by atoms with Crippen molar-refractivity contribution in [1.82, 2.24) is 9.96 Å². The van der Waals surface area contributed by atoms with Gasteiger partial charge in [-0.25, -0.2) is 0 Å². The van der Waals surface area contributed by atoms with Crippen molar-refractivity contribution in [2.45, 2.75) is 132 Å². The van der Waals surface area contributed by atoms with Crippen molar-refractivity contribution in [3.63, 3.8) is 0 Å². The number of hydrogen-bond donors (Lipinski definition) is 4. The molecule has 16 heteroatoms. The van der Waals surface area contributed by atoms with Gasteiger partial charge in [-0.3, -0.25) is 24.1 Å². The Morgan fingerprint density at radius 3 is 1.27 bits per heavy atom. The van der Waals surface area contributed by atoms with E-state index in [1.54, 1.807) is 72.8 Å². The highest BCUT2D eigenvalue weighted by Gasteiger charge is 2.44.